The van der Waals surface area contributed by atoms with Gasteiger partial charge in [-0.25, -0.2) is 0 Å². The van der Waals surface area contributed by atoms with Crippen LogP contribution in [0.4, 0.5) is 0 Å². The summed E-state index contributed by atoms with van der Waals surface area (Å²) in [7, 11) is 0. The molecule has 0 N–H and O–H groups in total. The maximum absolute atomic E-state index is 12.7. The number of hydrogen-bond donors (Lipinski definition) is 0. The van der Waals surface area contributed by atoms with E-state index in [1.165, 1.54) is 0 Å². The van der Waals surface area contributed by atoms with Crippen molar-refractivity contribution in [3.8, 4) is 5.75 Å². The molecule has 3 aromatic carbocycles. The quantitative estimate of drug-likeness (QED) is 0.405. The summed E-state index contributed by atoms with van der Waals surface area (Å²) in [5.74, 6) is 0.00240. The van der Waals surface area contributed by atoms with Crippen LogP contribution in [0.1, 0.15) is 21.5 Å². The SMILES string of the molecule is O=C(Cc1ccccc1C(=O)c1ccccc1)Oc1ccccc1. The third-order valence-corrected chi connectivity index (χ3v) is 3.61. The Morgan fingerprint density at radius 3 is 2.00 bits per heavy atom. The molecule has 3 nitrogen and oxygen atoms in total. The van der Waals surface area contributed by atoms with E-state index < -0.39 is 5.97 Å². The maximum atomic E-state index is 12.7. The van der Waals surface area contributed by atoms with Crippen LogP contribution in [-0.2, 0) is 11.2 Å². The molecule has 0 aliphatic heterocycles. The Balaban J connectivity index is 1.79. The third-order valence-electron chi connectivity index (χ3n) is 3.61. The number of ketones is 1. The Bertz CT molecular complexity index is 839. The van der Waals surface area contributed by atoms with Crippen molar-refractivity contribution in [2.24, 2.45) is 0 Å². The van der Waals surface area contributed by atoms with Crippen LogP contribution in [0.15, 0.2) is 84.9 Å². The highest BCUT2D eigenvalue weighted by molar-refractivity contribution is 6.10. The van der Waals surface area contributed by atoms with Crippen LogP contribution in [0, 0.1) is 0 Å². The summed E-state index contributed by atoms with van der Waals surface area (Å²) >= 11 is 0. The van der Waals surface area contributed by atoms with Crippen molar-refractivity contribution >= 4 is 11.8 Å². The lowest BCUT2D eigenvalue weighted by molar-refractivity contribution is -0.133. The molecule has 0 unspecified atom stereocenters. The van der Waals surface area contributed by atoms with Crippen molar-refractivity contribution in [2.75, 3.05) is 0 Å². The molecule has 0 spiro atoms. The molecular weight excluding hydrogens is 300 g/mol. The minimum absolute atomic E-state index is 0.0453. The Labute approximate surface area is 140 Å². The monoisotopic (exact) mass is 316 g/mol. The molecule has 24 heavy (non-hydrogen) atoms. The first-order chi connectivity index (χ1) is 11.7. The number of esters is 1. The molecule has 0 aromatic heterocycles. The highest BCUT2D eigenvalue weighted by atomic mass is 16.5. The molecule has 0 saturated heterocycles. The summed E-state index contributed by atoms with van der Waals surface area (Å²) in [6.45, 7) is 0. The van der Waals surface area contributed by atoms with E-state index in [1.54, 1.807) is 54.6 Å². The fraction of sp³-hybridized carbons (Fsp3) is 0.0476. The fourth-order valence-corrected chi connectivity index (χ4v) is 2.45. The van der Waals surface area contributed by atoms with Crippen LogP contribution in [0.5, 0.6) is 5.75 Å². The summed E-state index contributed by atoms with van der Waals surface area (Å²) in [6.07, 6.45) is 0.0453. The number of para-hydroxylation sites is 1. The van der Waals surface area contributed by atoms with E-state index in [1.807, 2.05) is 30.3 Å². The molecule has 3 heteroatoms. The number of carbonyl (C=O) groups is 2. The number of hydrogen-bond acceptors (Lipinski definition) is 3. The van der Waals surface area contributed by atoms with E-state index in [4.69, 9.17) is 4.74 Å². The van der Waals surface area contributed by atoms with Crippen molar-refractivity contribution in [1.29, 1.82) is 0 Å². The first-order valence-corrected chi connectivity index (χ1v) is 7.67. The zero-order valence-electron chi connectivity index (χ0n) is 13.0. The van der Waals surface area contributed by atoms with Crippen LogP contribution >= 0.6 is 0 Å². The molecule has 0 aliphatic rings. The second-order valence-electron chi connectivity index (χ2n) is 5.32. The number of rotatable bonds is 5. The summed E-state index contributed by atoms with van der Waals surface area (Å²) < 4.78 is 5.31. The minimum Gasteiger partial charge on any atom is -0.426 e. The lowest BCUT2D eigenvalue weighted by Gasteiger charge is -2.09. The lowest BCUT2D eigenvalue weighted by atomic mass is 9.97. The van der Waals surface area contributed by atoms with E-state index >= 15 is 0 Å². The van der Waals surface area contributed by atoms with Crippen molar-refractivity contribution in [1.82, 2.24) is 0 Å². The molecule has 3 aromatic rings. The first kappa shape index (κ1) is 15.7. The molecule has 0 bridgehead atoms. The molecule has 0 saturated carbocycles. The average molecular weight is 316 g/mol. The van der Waals surface area contributed by atoms with Crippen LogP contribution in [0.2, 0.25) is 0 Å². The van der Waals surface area contributed by atoms with Gasteiger partial charge in [0.05, 0.1) is 6.42 Å². The summed E-state index contributed by atoms with van der Waals surface area (Å²) in [5, 5.41) is 0. The first-order valence-electron chi connectivity index (χ1n) is 7.67. The third kappa shape index (κ3) is 3.76. The van der Waals surface area contributed by atoms with E-state index in [2.05, 4.69) is 0 Å². The second kappa shape index (κ2) is 7.38. The van der Waals surface area contributed by atoms with E-state index in [9.17, 15) is 9.59 Å². The number of carbonyl (C=O) groups excluding carboxylic acids is 2. The van der Waals surface area contributed by atoms with Gasteiger partial charge < -0.3 is 4.74 Å². The molecule has 0 radical (unpaired) electrons. The summed E-state index contributed by atoms with van der Waals surface area (Å²) in [4.78, 5) is 24.8. The summed E-state index contributed by atoms with van der Waals surface area (Å²) in [6, 6.07) is 25.0. The predicted molar refractivity (Wildman–Crippen MR) is 92.1 cm³/mol. The Morgan fingerprint density at radius 2 is 1.29 bits per heavy atom. The predicted octanol–water partition coefficient (Wildman–Crippen LogP) is 4.07. The highest BCUT2D eigenvalue weighted by Crippen LogP contribution is 2.17. The van der Waals surface area contributed by atoms with Crippen LogP contribution in [-0.4, -0.2) is 11.8 Å². The molecule has 0 fully saturated rings. The van der Waals surface area contributed by atoms with Gasteiger partial charge in [-0.2, -0.15) is 0 Å². The standard InChI is InChI=1S/C21H16O3/c22-20(24-18-12-5-2-6-13-18)15-17-11-7-8-14-19(17)21(23)16-9-3-1-4-10-16/h1-14H,15H2. The van der Waals surface area contributed by atoms with Gasteiger partial charge in [0.15, 0.2) is 5.78 Å². The fourth-order valence-electron chi connectivity index (χ4n) is 2.45. The molecule has 118 valence electrons. The van der Waals surface area contributed by atoms with Crippen molar-refractivity contribution in [3.05, 3.63) is 102 Å². The van der Waals surface area contributed by atoms with Gasteiger partial charge >= 0.3 is 5.97 Å². The van der Waals surface area contributed by atoms with Crippen LogP contribution in [0.25, 0.3) is 0 Å². The minimum atomic E-state index is -0.394. The Kier molecular flexibility index (Phi) is 4.82. The zero-order valence-corrected chi connectivity index (χ0v) is 13.0. The molecular formula is C21H16O3. The molecule has 3 rings (SSSR count). The van der Waals surface area contributed by atoms with Gasteiger partial charge in [-0.1, -0.05) is 72.8 Å². The largest absolute Gasteiger partial charge is 0.426 e. The smallest absolute Gasteiger partial charge is 0.315 e. The number of benzene rings is 3. The normalized spacial score (nSPS) is 10.2. The van der Waals surface area contributed by atoms with Crippen molar-refractivity contribution in [3.63, 3.8) is 0 Å². The number of ether oxygens (including phenoxy) is 1. The Hall–Kier alpha value is -3.20. The van der Waals surface area contributed by atoms with Gasteiger partial charge in [-0.3, -0.25) is 9.59 Å². The lowest BCUT2D eigenvalue weighted by Crippen LogP contribution is -2.14. The van der Waals surface area contributed by atoms with E-state index in [0.717, 1.165) is 0 Å². The van der Waals surface area contributed by atoms with Gasteiger partial charge in [0, 0.05) is 11.1 Å². The molecule has 0 heterocycles. The van der Waals surface area contributed by atoms with Gasteiger partial charge in [-0.05, 0) is 17.7 Å². The van der Waals surface area contributed by atoms with Crippen molar-refractivity contribution in [2.45, 2.75) is 6.42 Å². The average Bonchev–Trinajstić information content (AvgIpc) is 2.63. The van der Waals surface area contributed by atoms with Gasteiger partial charge in [-0.15, -0.1) is 0 Å². The molecule has 0 atom stereocenters. The van der Waals surface area contributed by atoms with Gasteiger partial charge in [0.25, 0.3) is 0 Å². The molecule has 0 aliphatic carbocycles. The second-order valence-corrected chi connectivity index (χ2v) is 5.32. The highest BCUT2D eigenvalue weighted by Gasteiger charge is 2.16. The van der Waals surface area contributed by atoms with Gasteiger partial charge in [0.2, 0.25) is 0 Å². The van der Waals surface area contributed by atoms with Gasteiger partial charge in [0.1, 0.15) is 5.75 Å². The Morgan fingerprint density at radius 1 is 0.708 bits per heavy atom. The van der Waals surface area contributed by atoms with E-state index in [0.29, 0.717) is 22.4 Å². The topological polar surface area (TPSA) is 43.4 Å². The van der Waals surface area contributed by atoms with Crippen LogP contribution in [0.3, 0.4) is 0 Å². The molecule has 0 amide bonds. The van der Waals surface area contributed by atoms with E-state index in [-0.39, 0.29) is 12.2 Å². The van der Waals surface area contributed by atoms with Crippen molar-refractivity contribution < 1.29 is 14.3 Å². The van der Waals surface area contributed by atoms with Crippen LogP contribution < -0.4 is 4.74 Å². The maximum Gasteiger partial charge on any atom is 0.315 e. The zero-order chi connectivity index (χ0) is 16.8. The summed E-state index contributed by atoms with van der Waals surface area (Å²) in [5.41, 5.74) is 1.78.